The Kier molecular flexibility index (Phi) is 13.3. The predicted octanol–water partition coefficient (Wildman–Crippen LogP) is 8.98. The minimum Gasteiger partial charge on any atom is -0.507 e. The van der Waals surface area contributed by atoms with Crippen LogP contribution in [-0.4, -0.2) is 31.7 Å². The molecule has 1 aliphatic rings. The molecule has 1 unspecified atom stereocenters. The van der Waals surface area contributed by atoms with Gasteiger partial charge in [0.2, 0.25) is 0 Å². The highest BCUT2D eigenvalue weighted by Crippen LogP contribution is 2.43. The largest absolute Gasteiger partial charge is 0.507 e. The number of unbranched alkanes of at least 4 members (excludes halogenated alkanes) is 13. The van der Waals surface area contributed by atoms with Crippen molar-refractivity contribution in [1.82, 2.24) is 0 Å². The van der Waals surface area contributed by atoms with Crippen molar-refractivity contribution in [3.05, 3.63) is 41.5 Å². The number of phenolic OH excluding ortho intramolecular Hbond substituents is 1. The van der Waals surface area contributed by atoms with Gasteiger partial charge in [0, 0.05) is 12.1 Å². The number of phenols is 1. The van der Waals surface area contributed by atoms with E-state index in [1.807, 2.05) is 12.1 Å². The molecule has 0 radical (unpaired) electrons. The van der Waals surface area contributed by atoms with Crippen molar-refractivity contribution in [2.24, 2.45) is 0 Å². The van der Waals surface area contributed by atoms with E-state index in [2.05, 4.69) is 6.92 Å². The van der Waals surface area contributed by atoms with Gasteiger partial charge >= 0.3 is 0 Å². The van der Waals surface area contributed by atoms with Crippen LogP contribution in [-0.2, 0) is 0 Å². The van der Waals surface area contributed by atoms with E-state index in [0.29, 0.717) is 29.6 Å². The van der Waals surface area contributed by atoms with Gasteiger partial charge in [0.25, 0.3) is 0 Å². The van der Waals surface area contributed by atoms with Crippen LogP contribution in [0.5, 0.6) is 28.7 Å². The fourth-order valence-electron chi connectivity index (χ4n) is 5.22. The van der Waals surface area contributed by atoms with E-state index < -0.39 is 6.10 Å². The summed E-state index contributed by atoms with van der Waals surface area (Å²) in [5.41, 5.74) is 1.02. The van der Waals surface area contributed by atoms with Crippen LogP contribution in [0, 0.1) is 0 Å². The van der Waals surface area contributed by atoms with Crippen LogP contribution in [0.25, 0.3) is 0 Å². The monoisotopic (exact) mass is 540 g/mol. The first-order valence-electron chi connectivity index (χ1n) is 15.0. The van der Waals surface area contributed by atoms with Crippen LogP contribution in [0.2, 0.25) is 0 Å². The van der Waals surface area contributed by atoms with Gasteiger partial charge in [-0.3, -0.25) is 4.79 Å². The molecule has 0 aliphatic carbocycles. The SMILES string of the molecule is CCCCCCCCCCCCCCCCOc1cc(O)c2c(c1)OC(c1ccc(OC)c(OC)c1)CC2=O. The van der Waals surface area contributed by atoms with E-state index in [1.165, 1.54) is 83.1 Å². The van der Waals surface area contributed by atoms with E-state index in [9.17, 15) is 9.90 Å². The van der Waals surface area contributed by atoms with Crippen molar-refractivity contribution < 1.29 is 28.8 Å². The second-order valence-corrected chi connectivity index (χ2v) is 10.6. The molecule has 2 aromatic rings. The fourth-order valence-corrected chi connectivity index (χ4v) is 5.22. The van der Waals surface area contributed by atoms with Crippen molar-refractivity contribution in [1.29, 1.82) is 0 Å². The quantitative estimate of drug-likeness (QED) is 0.179. The highest BCUT2D eigenvalue weighted by atomic mass is 16.5. The van der Waals surface area contributed by atoms with E-state index in [4.69, 9.17) is 18.9 Å². The third-order valence-corrected chi connectivity index (χ3v) is 7.52. The van der Waals surface area contributed by atoms with Crippen molar-refractivity contribution >= 4 is 5.78 Å². The van der Waals surface area contributed by atoms with E-state index in [0.717, 1.165) is 18.4 Å². The Morgan fingerprint density at radius 3 is 1.97 bits per heavy atom. The number of rotatable bonds is 19. The highest BCUT2D eigenvalue weighted by Gasteiger charge is 2.31. The van der Waals surface area contributed by atoms with Crippen LogP contribution in [0.3, 0.4) is 0 Å². The molecule has 1 aliphatic heterocycles. The zero-order chi connectivity index (χ0) is 27.9. The Morgan fingerprint density at radius 2 is 1.38 bits per heavy atom. The maximum atomic E-state index is 12.8. The Morgan fingerprint density at radius 1 is 0.795 bits per heavy atom. The minimum absolute atomic E-state index is 0.0979. The first kappa shape index (κ1) is 30.6. The molecule has 6 nitrogen and oxygen atoms in total. The molecular weight excluding hydrogens is 492 g/mol. The second kappa shape index (κ2) is 16.9. The molecule has 1 N–H and O–H groups in total. The first-order chi connectivity index (χ1) is 19.1. The summed E-state index contributed by atoms with van der Waals surface area (Å²) in [7, 11) is 3.15. The molecule has 39 heavy (non-hydrogen) atoms. The number of Topliss-reactive ketones (excluding diaryl/α,β-unsaturated/α-hetero) is 1. The van der Waals surface area contributed by atoms with Gasteiger partial charge in [-0.2, -0.15) is 0 Å². The van der Waals surface area contributed by atoms with Gasteiger partial charge in [-0.15, -0.1) is 0 Å². The lowest BCUT2D eigenvalue weighted by atomic mass is 9.95. The number of aromatic hydroxyl groups is 1. The van der Waals surface area contributed by atoms with Crippen LogP contribution >= 0.6 is 0 Å². The molecule has 2 aromatic carbocycles. The number of methoxy groups -OCH3 is 2. The molecule has 1 atom stereocenters. The molecule has 0 bridgehead atoms. The average molecular weight is 541 g/mol. The summed E-state index contributed by atoms with van der Waals surface area (Å²) in [5, 5.41) is 10.5. The van der Waals surface area contributed by atoms with Gasteiger partial charge in [0.1, 0.15) is 28.9 Å². The molecule has 0 aromatic heterocycles. The number of benzene rings is 2. The van der Waals surface area contributed by atoms with Gasteiger partial charge in [-0.1, -0.05) is 96.5 Å². The number of ether oxygens (including phenoxy) is 4. The molecule has 6 heteroatoms. The van der Waals surface area contributed by atoms with E-state index >= 15 is 0 Å². The van der Waals surface area contributed by atoms with Crippen molar-refractivity contribution in [3.8, 4) is 28.7 Å². The molecule has 0 fully saturated rings. The molecule has 0 saturated heterocycles. The van der Waals surface area contributed by atoms with Gasteiger partial charge in [-0.25, -0.2) is 0 Å². The van der Waals surface area contributed by atoms with Gasteiger partial charge in [0.15, 0.2) is 17.3 Å². The summed E-state index contributed by atoms with van der Waals surface area (Å²) in [5.74, 6) is 1.79. The number of fused-ring (bicyclic) bond motifs is 1. The van der Waals surface area contributed by atoms with E-state index in [-0.39, 0.29) is 23.5 Å². The van der Waals surface area contributed by atoms with Crippen molar-refractivity contribution in [2.45, 2.75) is 109 Å². The number of carbonyl (C=O) groups excluding carboxylic acids is 1. The van der Waals surface area contributed by atoms with Crippen molar-refractivity contribution in [2.75, 3.05) is 20.8 Å². The predicted molar refractivity (Wildman–Crippen MR) is 156 cm³/mol. The molecule has 216 valence electrons. The summed E-state index contributed by atoms with van der Waals surface area (Å²) in [6, 6.07) is 8.70. The lowest BCUT2D eigenvalue weighted by Gasteiger charge is -2.27. The van der Waals surface area contributed by atoms with Crippen LogP contribution in [0.1, 0.15) is 125 Å². The summed E-state index contributed by atoms with van der Waals surface area (Å²) in [4.78, 5) is 12.8. The van der Waals surface area contributed by atoms with Crippen LogP contribution < -0.4 is 18.9 Å². The molecule has 0 spiro atoms. The van der Waals surface area contributed by atoms with Crippen molar-refractivity contribution in [3.63, 3.8) is 0 Å². The molecule has 1 heterocycles. The number of carbonyl (C=O) groups is 1. The number of ketones is 1. The van der Waals surface area contributed by atoms with Crippen LogP contribution in [0.4, 0.5) is 0 Å². The smallest absolute Gasteiger partial charge is 0.174 e. The molecule has 0 amide bonds. The summed E-state index contributed by atoms with van der Waals surface area (Å²) in [6.45, 7) is 2.84. The minimum atomic E-state index is -0.481. The lowest BCUT2D eigenvalue weighted by molar-refractivity contribution is 0.0844. The zero-order valence-corrected chi connectivity index (χ0v) is 24.3. The lowest BCUT2D eigenvalue weighted by Crippen LogP contribution is -2.20. The summed E-state index contributed by atoms with van der Waals surface area (Å²) >= 11 is 0. The number of hydrogen-bond acceptors (Lipinski definition) is 6. The normalized spacial score (nSPS) is 14.5. The van der Waals surface area contributed by atoms with Crippen LogP contribution in [0.15, 0.2) is 30.3 Å². The zero-order valence-electron chi connectivity index (χ0n) is 24.3. The maximum absolute atomic E-state index is 12.8. The Hall–Kier alpha value is -2.89. The first-order valence-corrected chi connectivity index (χ1v) is 15.0. The topological polar surface area (TPSA) is 74.2 Å². The molecule has 3 rings (SSSR count). The maximum Gasteiger partial charge on any atom is 0.174 e. The Bertz CT molecular complexity index is 1020. The standard InChI is InChI=1S/C33H48O6/c1-4-5-6-7-8-9-10-11-12-13-14-15-16-17-20-38-26-22-27(34)33-28(35)24-30(39-32(33)23-26)25-18-19-29(36-2)31(21-25)37-3/h18-19,21-23,30,34H,4-17,20,24H2,1-3H3. The van der Waals surface area contributed by atoms with Gasteiger partial charge < -0.3 is 24.1 Å². The molecule has 0 saturated carbocycles. The second-order valence-electron chi connectivity index (χ2n) is 10.6. The molecular formula is C33H48O6. The third kappa shape index (κ3) is 9.66. The Labute approximate surface area is 235 Å². The average Bonchev–Trinajstić information content (AvgIpc) is 2.94. The number of hydrogen-bond donors (Lipinski definition) is 1. The fraction of sp³-hybridized carbons (Fsp3) is 0.606. The highest BCUT2D eigenvalue weighted by molar-refractivity contribution is 6.02. The van der Waals surface area contributed by atoms with E-state index in [1.54, 1.807) is 26.4 Å². The van der Waals surface area contributed by atoms with Gasteiger partial charge in [-0.05, 0) is 24.1 Å². The summed E-state index contributed by atoms with van der Waals surface area (Å²) < 4.78 is 22.8. The van der Waals surface area contributed by atoms with Gasteiger partial charge in [0.05, 0.1) is 27.2 Å². The summed E-state index contributed by atoms with van der Waals surface area (Å²) in [6.07, 6.45) is 18.0. The third-order valence-electron chi connectivity index (χ3n) is 7.52. The Balaban J connectivity index is 1.37.